The van der Waals surface area contributed by atoms with Gasteiger partial charge in [-0.05, 0) is 25.0 Å². The minimum atomic E-state index is -3.05. The molecule has 1 aromatic carbocycles. The van der Waals surface area contributed by atoms with E-state index in [0.717, 1.165) is 5.39 Å². The molecule has 0 atom stereocenters. The normalized spacial score (nSPS) is 11.0. The molecule has 0 aliphatic heterocycles. The Balaban J connectivity index is 0.000000677. The van der Waals surface area contributed by atoms with Crippen LogP contribution in [0, 0.1) is 6.92 Å². The second-order valence-corrected chi connectivity index (χ2v) is 7.21. The molecule has 2 rings (SSSR count). The van der Waals surface area contributed by atoms with Gasteiger partial charge in [0, 0.05) is 11.6 Å². The number of rotatable bonds is 3. The Morgan fingerprint density at radius 3 is 2.43 bits per heavy atom. The summed E-state index contributed by atoms with van der Waals surface area (Å²) in [6.45, 7) is 5.97. The molecule has 0 fully saturated rings. The van der Waals surface area contributed by atoms with Crippen molar-refractivity contribution in [2.45, 2.75) is 33.6 Å². The number of benzene rings is 1. The first-order chi connectivity index (χ1) is 9.78. The molecule has 0 spiro atoms. The number of hydrogen-bond donors (Lipinski definition) is 0. The number of aryl methyl sites for hydroxylation is 2. The van der Waals surface area contributed by atoms with Crippen molar-refractivity contribution < 1.29 is 12.8 Å². The van der Waals surface area contributed by atoms with Gasteiger partial charge in [-0.3, -0.25) is 0 Å². The van der Waals surface area contributed by atoms with Crippen molar-refractivity contribution >= 4 is 20.8 Å². The zero-order valence-corrected chi connectivity index (χ0v) is 13.7. The quantitative estimate of drug-likeness (QED) is 0.870. The lowest BCUT2D eigenvalue weighted by Crippen LogP contribution is -2.09. The third kappa shape index (κ3) is 5.30. The summed E-state index contributed by atoms with van der Waals surface area (Å²) in [6, 6.07) is 5.36. The summed E-state index contributed by atoms with van der Waals surface area (Å²) in [5, 5.41) is 0.737. The molecule has 116 valence electrons. The lowest BCUT2D eigenvalue weighted by atomic mass is 10.1. The van der Waals surface area contributed by atoms with E-state index in [1.165, 1.54) is 12.7 Å². The molecule has 21 heavy (non-hydrogen) atoms. The minimum absolute atomic E-state index is 0.0250. The van der Waals surface area contributed by atoms with Crippen molar-refractivity contribution in [3.63, 3.8) is 0 Å². The van der Waals surface area contributed by atoms with Gasteiger partial charge >= 0.3 is 5.76 Å². The summed E-state index contributed by atoms with van der Waals surface area (Å²) in [5.41, 5.74) is 1.72. The molecule has 0 saturated heterocycles. The van der Waals surface area contributed by atoms with Gasteiger partial charge in [0.25, 0.3) is 0 Å². The lowest BCUT2D eigenvalue weighted by molar-refractivity contribution is 0.525. The molecular formula is C15H21NO4S. The summed E-state index contributed by atoms with van der Waals surface area (Å²) in [7, 11) is -3.05. The van der Waals surface area contributed by atoms with Gasteiger partial charge in [-0.15, -0.1) is 0 Å². The SMILES string of the molecule is CCC.Cc1nc(=O)oc2c(CCS(C)(=O)=O)cccc12. The van der Waals surface area contributed by atoms with Crippen LogP contribution in [0.4, 0.5) is 0 Å². The average molecular weight is 311 g/mol. The van der Waals surface area contributed by atoms with E-state index >= 15 is 0 Å². The Morgan fingerprint density at radius 1 is 1.24 bits per heavy atom. The highest BCUT2D eigenvalue weighted by Gasteiger charge is 2.10. The van der Waals surface area contributed by atoms with E-state index in [0.29, 0.717) is 23.3 Å². The molecule has 0 bridgehead atoms. The van der Waals surface area contributed by atoms with Gasteiger partial charge in [-0.25, -0.2) is 13.2 Å². The molecule has 0 saturated carbocycles. The number of hydrogen-bond acceptors (Lipinski definition) is 5. The average Bonchev–Trinajstić information content (AvgIpc) is 2.36. The summed E-state index contributed by atoms with van der Waals surface area (Å²) in [6.07, 6.45) is 2.75. The first-order valence-electron chi connectivity index (χ1n) is 6.85. The molecule has 0 N–H and O–H groups in total. The topological polar surface area (TPSA) is 77.2 Å². The maximum Gasteiger partial charge on any atom is 0.439 e. The van der Waals surface area contributed by atoms with Crippen molar-refractivity contribution in [3.8, 4) is 0 Å². The zero-order valence-electron chi connectivity index (χ0n) is 12.8. The monoisotopic (exact) mass is 311 g/mol. The molecule has 1 heterocycles. The van der Waals surface area contributed by atoms with Gasteiger partial charge in [0.2, 0.25) is 0 Å². The first-order valence-corrected chi connectivity index (χ1v) is 8.91. The highest BCUT2D eigenvalue weighted by atomic mass is 32.2. The molecule has 0 aliphatic carbocycles. The zero-order chi connectivity index (χ0) is 16.0. The van der Waals surface area contributed by atoms with E-state index in [-0.39, 0.29) is 5.75 Å². The number of sulfone groups is 1. The highest BCUT2D eigenvalue weighted by Crippen LogP contribution is 2.19. The fourth-order valence-electron chi connectivity index (χ4n) is 1.79. The third-order valence-electron chi connectivity index (χ3n) is 2.68. The van der Waals surface area contributed by atoms with Gasteiger partial charge in [-0.2, -0.15) is 4.98 Å². The second kappa shape index (κ2) is 7.36. The molecule has 5 nitrogen and oxygen atoms in total. The van der Waals surface area contributed by atoms with Crippen LogP contribution in [-0.2, 0) is 16.3 Å². The van der Waals surface area contributed by atoms with E-state index < -0.39 is 15.6 Å². The smallest absolute Gasteiger partial charge is 0.408 e. The molecule has 0 unspecified atom stereocenters. The summed E-state index contributed by atoms with van der Waals surface area (Å²) >= 11 is 0. The van der Waals surface area contributed by atoms with Gasteiger partial charge in [0.1, 0.15) is 15.4 Å². The Bertz CT molecular complexity index is 763. The number of nitrogens with zero attached hydrogens (tertiary/aromatic N) is 1. The molecule has 2 aromatic rings. The van der Waals surface area contributed by atoms with Crippen molar-refractivity contribution in [2.75, 3.05) is 12.0 Å². The van der Waals surface area contributed by atoms with Gasteiger partial charge in [-0.1, -0.05) is 32.4 Å². The van der Waals surface area contributed by atoms with Crippen molar-refractivity contribution in [1.29, 1.82) is 0 Å². The largest absolute Gasteiger partial charge is 0.439 e. The molecule has 0 radical (unpaired) electrons. The molecular weight excluding hydrogens is 290 g/mol. The van der Waals surface area contributed by atoms with E-state index in [4.69, 9.17) is 4.42 Å². The maximum atomic E-state index is 11.3. The van der Waals surface area contributed by atoms with Crippen LogP contribution in [0.5, 0.6) is 0 Å². The number of para-hydroxylation sites is 1. The third-order valence-corrected chi connectivity index (χ3v) is 3.62. The lowest BCUT2D eigenvalue weighted by Gasteiger charge is -2.05. The van der Waals surface area contributed by atoms with Crippen LogP contribution in [0.2, 0.25) is 0 Å². The molecule has 6 heteroatoms. The van der Waals surface area contributed by atoms with E-state index in [9.17, 15) is 13.2 Å². The van der Waals surface area contributed by atoms with E-state index in [1.807, 2.05) is 0 Å². The Kier molecular flexibility index (Phi) is 6.08. The predicted octanol–water partition coefficient (Wildman–Crippen LogP) is 2.50. The summed E-state index contributed by atoms with van der Waals surface area (Å²) in [4.78, 5) is 15.0. The summed E-state index contributed by atoms with van der Waals surface area (Å²) in [5.74, 6) is -0.635. The van der Waals surface area contributed by atoms with Crippen LogP contribution in [0.3, 0.4) is 0 Å². The second-order valence-electron chi connectivity index (χ2n) is 4.95. The van der Waals surface area contributed by atoms with Crippen LogP contribution in [0.1, 0.15) is 31.5 Å². The van der Waals surface area contributed by atoms with Crippen LogP contribution in [0.25, 0.3) is 11.0 Å². The van der Waals surface area contributed by atoms with Crippen LogP contribution in [0.15, 0.2) is 27.4 Å². The van der Waals surface area contributed by atoms with E-state index in [2.05, 4.69) is 18.8 Å². The first kappa shape index (κ1) is 17.4. The van der Waals surface area contributed by atoms with Gasteiger partial charge in [0.15, 0.2) is 0 Å². The molecule has 0 aliphatic rings. The fraction of sp³-hybridized carbons (Fsp3) is 0.467. The van der Waals surface area contributed by atoms with Crippen LogP contribution < -0.4 is 5.76 Å². The minimum Gasteiger partial charge on any atom is -0.408 e. The van der Waals surface area contributed by atoms with Crippen molar-refractivity contribution in [3.05, 3.63) is 40.0 Å². The maximum absolute atomic E-state index is 11.3. The van der Waals surface area contributed by atoms with Gasteiger partial charge < -0.3 is 4.42 Å². The van der Waals surface area contributed by atoms with Crippen LogP contribution in [-0.4, -0.2) is 25.4 Å². The van der Waals surface area contributed by atoms with E-state index in [1.54, 1.807) is 25.1 Å². The Morgan fingerprint density at radius 2 is 1.86 bits per heavy atom. The molecule has 0 amide bonds. The Hall–Kier alpha value is -1.69. The number of fused-ring (bicyclic) bond motifs is 1. The van der Waals surface area contributed by atoms with Crippen molar-refractivity contribution in [1.82, 2.24) is 4.98 Å². The highest BCUT2D eigenvalue weighted by molar-refractivity contribution is 7.90. The fourth-order valence-corrected chi connectivity index (χ4v) is 2.38. The predicted molar refractivity (Wildman–Crippen MR) is 84.4 cm³/mol. The molecule has 1 aromatic heterocycles. The van der Waals surface area contributed by atoms with Crippen molar-refractivity contribution in [2.24, 2.45) is 0 Å². The van der Waals surface area contributed by atoms with Gasteiger partial charge in [0.05, 0.1) is 11.4 Å². The number of aromatic nitrogens is 1. The van der Waals surface area contributed by atoms with Crippen LogP contribution >= 0.6 is 0 Å². The summed E-state index contributed by atoms with van der Waals surface area (Å²) < 4.78 is 27.4. The Labute approximate surface area is 124 Å². The standard InChI is InChI=1S/C12H13NO4S.C3H8/c1-8-10-5-3-4-9(6-7-18(2,15)16)11(10)17-12(14)13-8;1-3-2/h3-5H,6-7H2,1-2H3;3H2,1-2H3.